The molecular weight excluding hydrogens is 256 g/mol. The zero-order valence-corrected chi connectivity index (χ0v) is 13.2. The second-order valence-corrected chi connectivity index (χ2v) is 5.30. The largest absolute Gasteiger partial charge is 0.469 e. The van der Waals surface area contributed by atoms with Crippen molar-refractivity contribution in [2.75, 3.05) is 20.7 Å². The lowest BCUT2D eigenvalue weighted by atomic mass is 9.79. The van der Waals surface area contributed by atoms with Gasteiger partial charge in [-0.3, -0.25) is 9.59 Å². The zero-order valence-electron chi connectivity index (χ0n) is 13.2. The van der Waals surface area contributed by atoms with Crippen LogP contribution in [0.5, 0.6) is 0 Å². The maximum Gasteiger partial charge on any atom is 0.310 e. The van der Waals surface area contributed by atoms with Crippen LogP contribution in [0.4, 0.5) is 0 Å². The van der Waals surface area contributed by atoms with Crippen molar-refractivity contribution in [3.63, 3.8) is 0 Å². The average molecular weight is 282 g/mol. The number of hydrogen-bond acceptors (Lipinski definition) is 4. The van der Waals surface area contributed by atoms with Gasteiger partial charge in [0, 0.05) is 13.6 Å². The van der Waals surface area contributed by atoms with Gasteiger partial charge in [-0.05, 0) is 12.8 Å². The van der Waals surface area contributed by atoms with Gasteiger partial charge >= 0.3 is 5.97 Å². The maximum atomic E-state index is 12.6. The van der Waals surface area contributed by atoms with Gasteiger partial charge in [-0.25, -0.2) is 0 Å². The lowest BCUT2D eigenvalue weighted by molar-refractivity contribution is -0.147. The standard InChI is InChI=1S/C15H26N2O3/c1-6-8-15(11-16,9-7-2)14(19)17(4)10-12(3)13(18)20-5/h12H,6-10H2,1-5H3. The predicted octanol–water partition coefficient (Wildman–Crippen LogP) is 2.36. The van der Waals surface area contributed by atoms with Crippen LogP contribution in [0.3, 0.4) is 0 Å². The van der Waals surface area contributed by atoms with Crippen molar-refractivity contribution >= 4 is 11.9 Å². The molecule has 0 saturated heterocycles. The fraction of sp³-hybridized carbons (Fsp3) is 0.800. The molecule has 0 heterocycles. The Balaban J connectivity index is 4.98. The van der Waals surface area contributed by atoms with Crippen molar-refractivity contribution in [3.05, 3.63) is 0 Å². The van der Waals surface area contributed by atoms with E-state index in [1.165, 1.54) is 12.0 Å². The highest BCUT2D eigenvalue weighted by Crippen LogP contribution is 2.31. The second-order valence-electron chi connectivity index (χ2n) is 5.30. The molecular formula is C15H26N2O3. The van der Waals surface area contributed by atoms with Gasteiger partial charge in [0.1, 0.15) is 5.41 Å². The molecule has 1 amide bonds. The van der Waals surface area contributed by atoms with E-state index in [-0.39, 0.29) is 18.4 Å². The summed E-state index contributed by atoms with van der Waals surface area (Å²) in [6.07, 6.45) is 2.65. The minimum Gasteiger partial charge on any atom is -0.469 e. The Morgan fingerprint density at radius 1 is 1.30 bits per heavy atom. The number of carbonyl (C=O) groups excluding carboxylic acids is 2. The molecule has 0 bridgehead atoms. The molecule has 5 heteroatoms. The van der Waals surface area contributed by atoms with Crippen molar-refractivity contribution in [2.24, 2.45) is 11.3 Å². The van der Waals surface area contributed by atoms with Gasteiger partial charge in [0.2, 0.25) is 5.91 Å². The molecule has 0 aromatic heterocycles. The van der Waals surface area contributed by atoms with Crippen LogP contribution in [0.25, 0.3) is 0 Å². The van der Waals surface area contributed by atoms with Crippen molar-refractivity contribution in [1.82, 2.24) is 4.90 Å². The van der Waals surface area contributed by atoms with E-state index in [2.05, 4.69) is 10.8 Å². The van der Waals surface area contributed by atoms with Gasteiger partial charge in [-0.2, -0.15) is 5.26 Å². The van der Waals surface area contributed by atoms with Crippen LogP contribution in [-0.4, -0.2) is 37.5 Å². The van der Waals surface area contributed by atoms with Crippen molar-refractivity contribution in [2.45, 2.75) is 46.5 Å². The van der Waals surface area contributed by atoms with E-state index in [4.69, 9.17) is 0 Å². The Hall–Kier alpha value is -1.57. The minimum absolute atomic E-state index is 0.195. The number of rotatable bonds is 8. The Labute approximate surface area is 121 Å². The number of esters is 1. The van der Waals surface area contributed by atoms with Gasteiger partial charge in [0.25, 0.3) is 0 Å². The Bertz CT molecular complexity index is 368. The molecule has 0 aliphatic heterocycles. The molecule has 0 fully saturated rings. The van der Waals surface area contributed by atoms with Crippen molar-refractivity contribution in [1.29, 1.82) is 5.26 Å². The Kier molecular flexibility index (Phi) is 7.90. The molecule has 0 N–H and O–H groups in total. The summed E-state index contributed by atoms with van der Waals surface area (Å²) in [7, 11) is 2.97. The third kappa shape index (κ3) is 4.52. The quantitative estimate of drug-likeness (QED) is 0.641. The summed E-state index contributed by atoms with van der Waals surface area (Å²) >= 11 is 0. The van der Waals surface area contributed by atoms with E-state index in [9.17, 15) is 14.9 Å². The lowest BCUT2D eigenvalue weighted by Crippen LogP contribution is -2.44. The Morgan fingerprint density at radius 2 is 1.80 bits per heavy atom. The van der Waals surface area contributed by atoms with Crippen LogP contribution in [0, 0.1) is 22.7 Å². The summed E-state index contributed by atoms with van der Waals surface area (Å²) in [5.41, 5.74) is -0.964. The fourth-order valence-electron chi connectivity index (χ4n) is 2.49. The smallest absolute Gasteiger partial charge is 0.310 e. The highest BCUT2D eigenvalue weighted by Gasteiger charge is 2.39. The molecule has 20 heavy (non-hydrogen) atoms. The Morgan fingerprint density at radius 3 is 2.15 bits per heavy atom. The van der Waals surface area contributed by atoms with Crippen LogP contribution >= 0.6 is 0 Å². The van der Waals surface area contributed by atoms with Gasteiger partial charge in [-0.15, -0.1) is 0 Å². The number of nitrogens with zero attached hydrogens (tertiary/aromatic N) is 2. The molecule has 0 aromatic rings. The number of ether oxygens (including phenoxy) is 1. The van der Waals surface area contributed by atoms with E-state index >= 15 is 0 Å². The molecule has 0 saturated carbocycles. The number of methoxy groups -OCH3 is 1. The minimum atomic E-state index is -0.964. The van der Waals surface area contributed by atoms with Crippen LogP contribution in [-0.2, 0) is 14.3 Å². The highest BCUT2D eigenvalue weighted by molar-refractivity contribution is 5.85. The van der Waals surface area contributed by atoms with Gasteiger partial charge in [-0.1, -0.05) is 33.6 Å². The number of amides is 1. The van der Waals surface area contributed by atoms with Crippen molar-refractivity contribution < 1.29 is 14.3 Å². The summed E-state index contributed by atoms with van der Waals surface area (Å²) in [5.74, 6) is -0.939. The van der Waals surface area contributed by atoms with Crippen LogP contribution in [0.2, 0.25) is 0 Å². The van der Waals surface area contributed by atoms with Gasteiger partial charge in [0.05, 0.1) is 19.1 Å². The first kappa shape index (κ1) is 18.4. The third-order valence-corrected chi connectivity index (χ3v) is 3.47. The molecule has 0 aliphatic rings. The molecule has 0 aromatic carbocycles. The van der Waals surface area contributed by atoms with E-state index in [0.717, 1.165) is 12.8 Å². The van der Waals surface area contributed by atoms with E-state index in [1.807, 2.05) is 13.8 Å². The van der Waals surface area contributed by atoms with Crippen LogP contribution < -0.4 is 0 Å². The van der Waals surface area contributed by atoms with E-state index < -0.39 is 11.3 Å². The molecule has 0 rings (SSSR count). The summed E-state index contributed by atoms with van der Waals surface area (Å²) in [6.45, 7) is 5.91. The van der Waals surface area contributed by atoms with Crippen molar-refractivity contribution in [3.8, 4) is 6.07 Å². The molecule has 0 radical (unpaired) electrons. The second kappa shape index (κ2) is 8.57. The van der Waals surface area contributed by atoms with Crippen LogP contribution in [0.1, 0.15) is 46.5 Å². The normalized spacial score (nSPS) is 12.4. The monoisotopic (exact) mass is 282 g/mol. The third-order valence-electron chi connectivity index (χ3n) is 3.47. The first-order valence-electron chi connectivity index (χ1n) is 7.13. The maximum absolute atomic E-state index is 12.6. The molecule has 5 nitrogen and oxygen atoms in total. The zero-order chi connectivity index (χ0) is 15.8. The van der Waals surface area contributed by atoms with Gasteiger partial charge in [0.15, 0.2) is 0 Å². The summed E-state index contributed by atoms with van der Waals surface area (Å²) < 4.78 is 4.66. The highest BCUT2D eigenvalue weighted by atomic mass is 16.5. The first-order valence-corrected chi connectivity index (χ1v) is 7.13. The van der Waals surface area contributed by atoms with E-state index in [1.54, 1.807) is 14.0 Å². The molecule has 0 spiro atoms. The molecule has 1 unspecified atom stereocenters. The summed E-state index contributed by atoms with van der Waals surface area (Å²) in [6, 6.07) is 2.21. The average Bonchev–Trinajstić information content (AvgIpc) is 2.44. The van der Waals surface area contributed by atoms with Crippen LogP contribution in [0.15, 0.2) is 0 Å². The SMILES string of the molecule is CCCC(C#N)(CCC)C(=O)N(C)CC(C)C(=O)OC. The topological polar surface area (TPSA) is 70.4 Å². The lowest BCUT2D eigenvalue weighted by Gasteiger charge is -2.31. The first-order chi connectivity index (χ1) is 9.38. The summed E-state index contributed by atoms with van der Waals surface area (Å²) in [4.78, 5) is 25.5. The van der Waals surface area contributed by atoms with E-state index in [0.29, 0.717) is 12.8 Å². The molecule has 0 aliphatic carbocycles. The molecule has 114 valence electrons. The number of carbonyl (C=O) groups is 2. The number of nitriles is 1. The predicted molar refractivity (Wildman–Crippen MR) is 76.7 cm³/mol. The number of hydrogen-bond donors (Lipinski definition) is 0. The molecule has 1 atom stereocenters. The fourth-order valence-corrected chi connectivity index (χ4v) is 2.49. The summed E-state index contributed by atoms with van der Waals surface area (Å²) in [5, 5.41) is 9.46. The van der Waals surface area contributed by atoms with Gasteiger partial charge < -0.3 is 9.64 Å².